The van der Waals surface area contributed by atoms with Gasteiger partial charge in [-0.1, -0.05) is 38.5 Å². The van der Waals surface area contributed by atoms with Gasteiger partial charge in [-0.2, -0.15) is 5.10 Å². The molecule has 2 aliphatic rings. The average molecular weight is 424 g/mol. The number of amides is 1. The van der Waals surface area contributed by atoms with E-state index in [0.717, 1.165) is 44.1 Å². The van der Waals surface area contributed by atoms with Crippen molar-refractivity contribution < 1.29 is 9.18 Å². The standard InChI is InChI=1S/C24H30FN5O/c25-18-11-12-20-21(13-18)30(23(29-20)17-14-26-27-15-17)22(16-7-3-1-4-8-16)24(31)28-19-9-5-2-6-10-19/h11-16,19,22H,1-10H2,(H,26,27)(H,28,31). The van der Waals surface area contributed by atoms with Crippen LogP contribution in [-0.4, -0.2) is 31.7 Å². The van der Waals surface area contributed by atoms with Crippen LogP contribution in [0.5, 0.6) is 0 Å². The van der Waals surface area contributed by atoms with E-state index < -0.39 is 6.04 Å². The summed E-state index contributed by atoms with van der Waals surface area (Å²) in [5.74, 6) is 0.613. The predicted molar refractivity (Wildman–Crippen MR) is 118 cm³/mol. The van der Waals surface area contributed by atoms with Crippen molar-refractivity contribution in [2.24, 2.45) is 5.92 Å². The molecule has 1 aromatic carbocycles. The molecule has 0 saturated heterocycles. The van der Waals surface area contributed by atoms with Crippen molar-refractivity contribution >= 4 is 16.9 Å². The SMILES string of the molecule is O=C(NC1CCCCC1)C(C1CCCCC1)n1c(-c2cn[nH]c2)nc2ccc(F)cc21. The van der Waals surface area contributed by atoms with Crippen molar-refractivity contribution in [3.63, 3.8) is 0 Å². The Kier molecular flexibility index (Phi) is 5.74. The number of hydrogen-bond donors (Lipinski definition) is 2. The minimum atomic E-state index is -0.404. The lowest BCUT2D eigenvalue weighted by Gasteiger charge is -2.33. The van der Waals surface area contributed by atoms with Crippen molar-refractivity contribution in [3.05, 3.63) is 36.4 Å². The second-order valence-corrected chi connectivity index (χ2v) is 9.11. The average Bonchev–Trinajstić information content (AvgIpc) is 3.44. The molecule has 0 spiro atoms. The van der Waals surface area contributed by atoms with Gasteiger partial charge in [0.1, 0.15) is 17.7 Å². The Morgan fingerprint density at radius 3 is 2.55 bits per heavy atom. The molecule has 1 amide bonds. The summed E-state index contributed by atoms with van der Waals surface area (Å²) in [5.41, 5.74) is 2.18. The zero-order valence-corrected chi connectivity index (χ0v) is 17.8. The highest BCUT2D eigenvalue weighted by Crippen LogP contribution is 2.38. The van der Waals surface area contributed by atoms with Gasteiger partial charge in [0.15, 0.2) is 0 Å². The lowest BCUT2D eigenvalue weighted by atomic mass is 9.82. The Morgan fingerprint density at radius 1 is 1.10 bits per heavy atom. The molecule has 2 saturated carbocycles. The number of H-pyrrole nitrogens is 1. The fraction of sp³-hybridized carbons (Fsp3) is 0.542. The predicted octanol–water partition coefficient (Wildman–Crippen LogP) is 5.14. The van der Waals surface area contributed by atoms with Crippen molar-refractivity contribution in [2.75, 3.05) is 0 Å². The summed E-state index contributed by atoms with van der Waals surface area (Å²) >= 11 is 0. The smallest absolute Gasteiger partial charge is 0.243 e. The third-order valence-electron chi connectivity index (χ3n) is 7.00. The summed E-state index contributed by atoms with van der Waals surface area (Å²) in [5, 5.41) is 10.3. The molecule has 7 heteroatoms. The number of nitrogens with one attached hydrogen (secondary N) is 2. The summed E-state index contributed by atoms with van der Waals surface area (Å²) in [6.45, 7) is 0. The number of halogens is 1. The van der Waals surface area contributed by atoms with Crippen LogP contribution >= 0.6 is 0 Å². The Bertz CT molecular complexity index is 1030. The van der Waals surface area contributed by atoms with Crippen molar-refractivity contribution in [2.45, 2.75) is 76.3 Å². The van der Waals surface area contributed by atoms with Crippen LogP contribution in [0.25, 0.3) is 22.4 Å². The van der Waals surface area contributed by atoms with Gasteiger partial charge < -0.3 is 9.88 Å². The molecule has 3 aromatic rings. The summed E-state index contributed by atoms with van der Waals surface area (Å²) in [7, 11) is 0. The number of imidazole rings is 1. The molecular weight excluding hydrogens is 393 g/mol. The highest BCUT2D eigenvalue weighted by atomic mass is 19.1. The van der Waals surface area contributed by atoms with Gasteiger partial charge in [-0.05, 0) is 49.8 Å². The van der Waals surface area contributed by atoms with E-state index >= 15 is 0 Å². The second-order valence-electron chi connectivity index (χ2n) is 9.11. The molecule has 2 N–H and O–H groups in total. The topological polar surface area (TPSA) is 75.6 Å². The van der Waals surface area contributed by atoms with Crippen LogP contribution in [0.2, 0.25) is 0 Å². The zero-order chi connectivity index (χ0) is 21.2. The van der Waals surface area contributed by atoms with Crippen LogP contribution in [0.3, 0.4) is 0 Å². The molecule has 5 rings (SSSR count). The number of aromatic nitrogens is 4. The largest absolute Gasteiger partial charge is 0.352 e. The molecule has 1 unspecified atom stereocenters. The first-order valence-corrected chi connectivity index (χ1v) is 11.7. The Labute approximate surface area is 181 Å². The minimum absolute atomic E-state index is 0.0482. The van der Waals surface area contributed by atoms with Crippen LogP contribution in [-0.2, 0) is 4.79 Å². The molecule has 1 atom stereocenters. The zero-order valence-electron chi connectivity index (χ0n) is 17.8. The molecule has 0 radical (unpaired) electrons. The van der Waals surface area contributed by atoms with E-state index in [-0.39, 0.29) is 23.7 Å². The van der Waals surface area contributed by atoms with Gasteiger partial charge in [-0.15, -0.1) is 0 Å². The van der Waals surface area contributed by atoms with Gasteiger partial charge in [0.2, 0.25) is 5.91 Å². The monoisotopic (exact) mass is 423 g/mol. The molecule has 2 aliphatic carbocycles. The summed E-state index contributed by atoms with van der Waals surface area (Å²) in [6, 6.07) is 4.46. The van der Waals surface area contributed by atoms with Gasteiger partial charge in [-0.3, -0.25) is 9.89 Å². The molecular formula is C24H30FN5O. The molecule has 6 nitrogen and oxygen atoms in total. The molecule has 0 bridgehead atoms. The second kappa shape index (κ2) is 8.81. The van der Waals surface area contributed by atoms with E-state index in [4.69, 9.17) is 4.98 Å². The quantitative estimate of drug-likeness (QED) is 0.597. The van der Waals surface area contributed by atoms with Crippen LogP contribution < -0.4 is 5.32 Å². The highest BCUT2D eigenvalue weighted by molar-refractivity contribution is 5.87. The number of hydrogen-bond acceptors (Lipinski definition) is 3. The third kappa shape index (κ3) is 4.10. The van der Waals surface area contributed by atoms with E-state index in [1.807, 2.05) is 4.57 Å². The maximum absolute atomic E-state index is 14.3. The molecule has 2 fully saturated rings. The minimum Gasteiger partial charge on any atom is -0.352 e. The number of nitrogens with zero attached hydrogens (tertiary/aromatic N) is 3. The molecule has 31 heavy (non-hydrogen) atoms. The van der Waals surface area contributed by atoms with Crippen LogP contribution in [0, 0.1) is 11.7 Å². The van der Waals surface area contributed by atoms with Gasteiger partial charge in [0.25, 0.3) is 0 Å². The first kappa shape index (κ1) is 20.2. The Hall–Kier alpha value is -2.70. The van der Waals surface area contributed by atoms with Gasteiger partial charge in [0.05, 0.1) is 22.8 Å². The lowest BCUT2D eigenvalue weighted by molar-refractivity contribution is -0.127. The molecule has 164 valence electrons. The van der Waals surface area contributed by atoms with E-state index in [1.54, 1.807) is 18.5 Å². The van der Waals surface area contributed by atoms with Gasteiger partial charge in [0, 0.05) is 12.2 Å². The fourth-order valence-electron chi connectivity index (χ4n) is 5.45. The number of carbonyl (C=O) groups excluding carboxylic acids is 1. The number of carbonyl (C=O) groups is 1. The van der Waals surface area contributed by atoms with Crippen molar-refractivity contribution in [1.82, 2.24) is 25.1 Å². The number of benzene rings is 1. The van der Waals surface area contributed by atoms with Crippen LogP contribution in [0.4, 0.5) is 4.39 Å². The fourth-order valence-corrected chi connectivity index (χ4v) is 5.45. The third-order valence-corrected chi connectivity index (χ3v) is 7.00. The molecule has 2 heterocycles. The maximum Gasteiger partial charge on any atom is 0.243 e. The lowest BCUT2D eigenvalue weighted by Crippen LogP contribution is -2.43. The summed E-state index contributed by atoms with van der Waals surface area (Å²) in [6.07, 6.45) is 14.6. The number of fused-ring (bicyclic) bond motifs is 1. The molecule has 2 aromatic heterocycles. The highest BCUT2D eigenvalue weighted by Gasteiger charge is 2.35. The first-order chi connectivity index (χ1) is 15.2. The van der Waals surface area contributed by atoms with E-state index in [1.165, 1.54) is 37.8 Å². The maximum atomic E-state index is 14.3. The Morgan fingerprint density at radius 2 is 1.84 bits per heavy atom. The summed E-state index contributed by atoms with van der Waals surface area (Å²) < 4.78 is 16.3. The van der Waals surface area contributed by atoms with Crippen LogP contribution in [0.15, 0.2) is 30.6 Å². The first-order valence-electron chi connectivity index (χ1n) is 11.7. The van der Waals surface area contributed by atoms with E-state index in [9.17, 15) is 9.18 Å². The van der Waals surface area contributed by atoms with E-state index in [2.05, 4.69) is 15.5 Å². The van der Waals surface area contributed by atoms with Crippen molar-refractivity contribution in [1.29, 1.82) is 0 Å². The number of aromatic amines is 1. The molecule has 0 aliphatic heterocycles. The normalized spacial score (nSPS) is 19.5. The van der Waals surface area contributed by atoms with E-state index in [0.29, 0.717) is 16.9 Å². The Balaban J connectivity index is 1.61. The van der Waals surface area contributed by atoms with Gasteiger partial charge in [-0.25, -0.2) is 9.37 Å². The summed E-state index contributed by atoms with van der Waals surface area (Å²) in [4.78, 5) is 18.6. The van der Waals surface area contributed by atoms with Gasteiger partial charge >= 0.3 is 0 Å². The van der Waals surface area contributed by atoms with Crippen molar-refractivity contribution in [3.8, 4) is 11.4 Å². The number of rotatable bonds is 5. The van der Waals surface area contributed by atoms with Crippen LogP contribution in [0.1, 0.15) is 70.3 Å².